The Hall–Kier alpha value is -1.81. The largest absolute Gasteiger partial charge is 0.383 e. The van der Waals surface area contributed by atoms with E-state index in [4.69, 9.17) is 4.74 Å². The third-order valence-electron chi connectivity index (χ3n) is 3.19. The van der Waals surface area contributed by atoms with E-state index >= 15 is 0 Å². The van der Waals surface area contributed by atoms with Gasteiger partial charge < -0.3 is 14.6 Å². The zero-order valence-corrected chi connectivity index (χ0v) is 12.5. The molecule has 2 aromatic rings. The second-order valence-electron chi connectivity index (χ2n) is 5.13. The van der Waals surface area contributed by atoms with Gasteiger partial charge in [0.2, 0.25) is 5.95 Å². The highest BCUT2D eigenvalue weighted by molar-refractivity contribution is 5.31. The number of hydrogen-bond acceptors (Lipinski definition) is 3. The first-order chi connectivity index (χ1) is 9.69. The zero-order valence-electron chi connectivity index (χ0n) is 12.5. The topological polar surface area (TPSA) is 39.1 Å². The number of hydrogen-bond donors (Lipinski definition) is 1. The van der Waals surface area contributed by atoms with Crippen molar-refractivity contribution in [2.24, 2.45) is 0 Å². The third-order valence-corrected chi connectivity index (χ3v) is 3.19. The van der Waals surface area contributed by atoms with Gasteiger partial charge in [0.15, 0.2) is 0 Å². The Morgan fingerprint density at radius 2 is 2.05 bits per heavy atom. The third kappa shape index (κ3) is 4.10. The van der Waals surface area contributed by atoms with E-state index in [0.29, 0.717) is 12.6 Å². The second kappa shape index (κ2) is 7.10. The summed E-state index contributed by atoms with van der Waals surface area (Å²) in [6, 6.07) is 10.8. The van der Waals surface area contributed by atoms with Crippen molar-refractivity contribution in [2.45, 2.75) is 32.9 Å². The number of benzene rings is 1. The molecule has 0 saturated carbocycles. The second-order valence-corrected chi connectivity index (χ2v) is 5.13. The molecule has 0 aliphatic rings. The van der Waals surface area contributed by atoms with Crippen LogP contribution in [-0.4, -0.2) is 29.3 Å². The predicted octanol–water partition coefficient (Wildman–Crippen LogP) is 2.88. The summed E-state index contributed by atoms with van der Waals surface area (Å²) in [7, 11) is 1.72. The number of aryl methyl sites for hydroxylation is 1. The van der Waals surface area contributed by atoms with Crippen LogP contribution in [0, 0.1) is 6.92 Å². The van der Waals surface area contributed by atoms with E-state index in [2.05, 4.69) is 52.3 Å². The molecular formula is C16H23N3O. The highest BCUT2D eigenvalue weighted by Crippen LogP contribution is 2.12. The molecule has 0 saturated heterocycles. The first-order valence-corrected chi connectivity index (χ1v) is 7.02. The van der Waals surface area contributed by atoms with Crippen LogP contribution < -0.4 is 5.32 Å². The number of rotatable bonds is 7. The van der Waals surface area contributed by atoms with Crippen molar-refractivity contribution in [3.63, 3.8) is 0 Å². The number of nitrogens with one attached hydrogen (secondary N) is 1. The fraction of sp³-hybridized carbons (Fsp3) is 0.438. The quantitative estimate of drug-likeness (QED) is 0.843. The minimum Gasteiger partial charge on any atom is -0.383 e. The Labute approximate surface area is 120 Å². The van der Waals surface area contributed by atoms with E-state index in [1.165, 1.54) is 5.56 Å². The minimum atomic E-state index is 0.334. The zero-order chi connectivity index (χ0) is 14.4. The summed E-state index contributed by atoms with van der Waals surface area (Å²) in [5, 5.41) is 3.48. The average Bonchev–Trinajstić information content (AvgIpc) is 2.77. The van der Waals surface area contributed by atoms with Gasteiger partial charge in [-0.3, -0.25) is 0 Å². The summed E-state index contributed by atoms with van der Waals surface area (Å²) in [6.45, 7) is 5.70. The Morgan fingerprint density at radius 3 is 2.75 bits per heavy atom. The normalized spacial score (nSPS) is 12.3. The number of methoxy groups -OCH3 is 1. The lowest BCUT2D eigenvalue weighted by Gasteiger charge is -2.16. The maximum Gasteiger partial charge on any atom is 0.203 e. The minimum absolute atomic E-state index is 0.334. The Balaban J connectivity index is 1.98. The molecule has 0 spiro atoms. The number of ether oxygens (including phenoxy) is 1. The molecule has 4 nitrogen and oxygen atoms in total. The summed E-state index contributed by atoms with van der Waals surface area (Å²) in [6.07, 6.45) is 3.04. The van der Waals surface area contributed by atoms with Gasteiger partial charge in [0.25, 0.3) is 0 Å². The standard InChI is InChI=1S/C16H23N3O/c1-13(11-15-7-5-4-6-8-15)17-16-18-14(2)12-19(16)9-10-20-3/h4-8,12-13H,9-11H2,1-3H3,(H,17,18). The first kappa shape index (κ1) is 14.6. The van der Waals surface area contributed by atoms with Crippen molar-refractivity contribution in [3.8, 4) is 0 Å². The Morgan fingerprint density at radius 1 is 1.30 bits per heavy atom. The number of anilines is 1. The molecule has 1 aromatic carbocycles. The van der Waals surface area contributed by atoms with Crippen molar-refractivity contribution in [1.29, 1.82) is 0 Å². The number of aromatic nitrogens is 2. The number of nitrogens with zero attached hydrogens (tertiary/aromatic N) is 2. The van der Waals surface area contributed by atoms with E-state index in [1.807, 2.05) is 13.0 Å². The average molecular weight is 273 g/mol. The lowest BCUT2D eigenvalue weighted by atomic mass is 10.1. The van der Waals surface area contributed by atoms with Crippen LogP contribution in [-0.2, 0) is 17.7 Å². The van der Waals surface area contributed by atoms with Crippen LogP contribution in [0.1, 0.15) is 18.2 Å². The van der Waals surface area contributed by atoms with Crippen LogP contribution in [0.3, 0.4) is 0 Å². The van der Waals surface area contributed by atoms with Gasteiger partial charge in [-0.25, -0.2) is 4.98 Å². The molecular weight excluding hydrogens is 250 g/mol. The van der Waals surface area contributed by atoms with Crippen molar-refractivity contribution in [2.75, 3.05) is 19.0 Å². The molecule has 0 aliphatic carbocycles. The van der Waals surface area contributed by atoms with E-state index in [0.717, 1.165) is 24.6 Å². The predicted molar refractivity (Wildman–Crippen MR) is 82.1 cm³/mol. The summed E-state index contributed by atoms with van der Waals surface area (Å²) < 4.78 is 7.25. The van der Waals surface area contributed by atoms with Crippen LogP contribution in [0.25, 0.3) is 0 Å². The van der Waals surface area contributed by atoms with Crippen LogP contribution >= 0.6 is 0 Å². The lowest BCUT2D eigenvalue weighted by molar-refractivity contribution is 0.187. The Kier molecular flexibility index (Phi) is 5.18. The molecule has 108 valence electrons. The van der Waals surface area contributed by atoms with Gasteiger partial charge >= 0.3 is 0 Å². The summed E-state index contributed by atoms with van der Waals surface area (Å²) in [4.78, 5) is 4.54. The molecule has 4 heteroatoms. The molecule has 0 amide bonds. The molecule has 1 aromatic heterocycles. The number of imidazole rings is 1. The van der Waals surface area contributed by atoms with Gasteiger partial charge in [0, 0.05) is 25.9 Å². The molecule has 1 heterocycles. The molecule has 1 atom stereocenters. The maximum atomic E-state index is 5.13. The summed E-state index contributed by atoms with van der Waals surface area (Å²) >= 11 is 0. The molecule has 0 bridgehead atoms. The van der Waals surface area contributed by atoms with Gasteiger partial charge in [-0.15, -0.1) is 0 Å². The van der Waals surface area contributed by atoms with Crippen LogP contribution in [0.15, 0.2) is 36.5 Å². The fourth-order valence-electron chi connectivity index (χ4n) is 2.26. The van der Waals surface area contributed by atoms with Gasteiger partial charge in [-0.05, 0) is 25.8 Å². The van der Waals surface area contributed by atoms with Gasteiger partial charge in [0.05, 0.1) is 12.3 Å². The Bertz CT molecular complexity index is 522. The van der Waals surface area contributed by atoms with Crippen LogP contribution in [0.5, 0.6) is 0 Å². The van der Waals surface area contributed by atoms with E-state index in [-0.39, 0.29) is 0 Å². The smallest absolute Gasteiger partial charge is 0.203 e. The highest BCUT2D eigenvalue weighted by atomic mass is 16.5. The van der Waals surface area contributed by atoms with E-state index < -0.39 is 0 Å². The summed E-state index contributed by atoms with van der Waals surface area (Å²) in [5.41, 5.74) is 2.36. The van der Waals surface area contributed by atoms with Crippen molar-refractivity contribution < 1.29 is 4.74 Å². The van der Waals surface area contributed by atoms with Gasteiger partial charge in [-0.2, -0.15) is 0 Å². The maximum absolute atomic E-state index is 5.13. The van der Waals surface area contributed by atoms with Gasteiger partial charge in [-0.1, -0.05) is 30.3 Å². The van der Waals surface area contributed by atoms with E-state index in [9.17, 15) is 0 Å². The van der Waals surface area contributed by atoms with Crippen LogP contribution in [0.2, 0.25) is 0 Å². The van der Waals surface area contributed by atoms with E-state index in [1.54, 1.807) is 7.11 Å². The molecule has 2 rings (SSSR count). The SMILES string of the molecule is COCCn1cc(C)nc1NC(C)Cc1ccccc1. The summed E-state index contributed by atoms with van der Waals surface area (Å²) in [5.74, 6) is 0.919. The molecule has 0 aliphatic heterocycles. The highest BCUT2D eigenvalue weighted by Gasteiger charge is 2.09. The molecule has 0 radical (unpaired) electrons. The molecule has 0 fully saturated rings. The molecule has 1 unspecified atom stereocenters. The molecule has 1 N–H and O–H groups in total. The fourth-order valence-corrected chi connectivity index (χ4v) is 2.26. The van der Waals surface area contributed by atoms with Crippen LogP contribution in [0.4, 0.5) is 5.95 Å². The lowest BCUT2D eigenvalue weighted by Crippen LogP contribution is -2.21. The van der Waals surface area contributed by atoms with Crippen molar-refractivity contribution >= 4 is 5.95 Å². The first-order valence-electron chi connectivity index (χ1n) is 7.02. The van der Waals surface area contributed by atoms with Gasteiger partial charge in [0.1, 0.15) is 0 Å². The van der Waals surface area contributed by atoms with Crippen molar-refractivity contribution in [3.05, 3.63) is 47.8 Å². The van der Waals surface area contributed by atoms with Crippen molar-refractivity contribution in [1.82, 2.24) is 9.55 Å². The molecule has 20 heavy (non-hydrogen) atoms. The monoisotopic (exact) mass is 273 g/mol.